The number of pyridine rings is 1. The van der Waals surface area contributed by atoms with Gasteiger partial charge in [-0.3, -0.25) is 9.78 Å². The Balaban J connectivity index is 1.74. The topological polar surface area (TPSA) is 51.2 Å². The molecule has 5 heteroatoms. The predicted molar refractivity (Wildman–Crippen MR) is 90.1 cm³/mol. The van der Waals surface area contributed by atoms with Gasteiger partial charge in [0, 0.05) is 17.5 Å². The van der Waals surface area contributed by atoms with Gasteiger partial charge in [-0.1, -0.05) is 18.2 Å². The highest BCUT2D eigenvalue weighted by molar-refractivity contribution is 7.99. The van der Waals surface area contributed by atoms with Crippen LogP contribution in [0.25, 0.3) is 10.9 Å². The first-order valence-electron chi connectivity index (χ1n) is 7.46. The van der Waals surface area contributed by atoms with Crippen LogP contribution in [0.3, 0.4) is 0 Å². The van der Waals surface area contributed by atoms with E-state index in [9.17, 15) is 4.79 Å². The van der Waals surface area contributed by atoms with E-state index in [0.717, 1.165) is 11.9 Å². The lowest BCUT2D eigenvalue weighted by atomic mass is 9.93. The van der Waals surface area contributed by atoms with Crippen molar-refractivity contribution in [1.29, 1.82) is 0 Å². The van der Waals surface area contributed by atoms with Crippen molar-refractivity contribution < 1.29 is 9.53 Å². The monoisotopic (exact) mass is 316 g/mol. The first-order chi connectivity index (χ1) is 10.8. The van der Waals surface area contributed by atoms with Crippen LogP contribution in [0.1, 0.15) is 5.56 Å². The highest BCUT2D eigenvalue weighted by Crippen LogP contribution is 2.24. The van der Waals surface area contributed by atoms with Crippen molar-refractivity contribution in [3.8, 4) is 0 Å². The second kappa shape index (κ2) is 7.11. The Morgan fingerprint density at radius 1 is 1.36 bits per heavy atom. The number of para-hydroxylation sites is 1. The summed E-state index contributed by atoms with van der Waals surface area (Å²) in [6, 6.07) is 10.4. The van der Waals surface area contributed by atoms with Gasteiger partial charge in [0.05, 0.1) is 30.5 Å². The maximum atomic E-state index is 11.8. The van der Waals surface area contributed by atoms with Crippen LogP contribution in [0.4, 0.5) is 0 Å². The summed E-state index contributed by atoms with van der Waals surface area (Å²) in [5.41, 5.74) is 2.28. The van der Waals surface area contributed by atoms with Crippen molar-refractivity contribution in [2.45, 2.75) is 12.5 Å². The zero-order chi connectivity index (χ0) is 15.4. The molecule has 1 aromatic carbocycles. The van der Waals surface area contributed by atoms with Crippen molar-refractivity contribution in [3.05, 3.63) is 42.1 Å². The van der Waals surface area contributed by atoms with E-state index < -0.39 is 0 Å². The molecule has 2 aromatic rings. The van der Waals surface area contributed by atoms with Crippen LogP contribution in [0.2, 0.25) is 0 Å². The Morgan fingerprint density at radius 3 is 3.09 bits per heavy atom. The summed E-state index contributed by atoms with van der Waals surface area (Å²) in [6.45, 7) is 1.30. The largest absolute Gasteiger partial charge is 0.379 e. The molecule has 1 aliphatic heterocycles. The third-order valence-corrected chi connectivity index (χ3v) is 4.59. The molecule has 1 aliphatic rings. The Labute approximate surface area is 134 Å². The molecule has 116 valence electrons. The smallest absolute Gasteiger partial charge is 0.230 e. The number of carbonyl (C=O) groups is 1. The minimum Gasteiger partial charge on any atom is -0.379 e. The molecular weight excluding hydrogens is 296 g/mol. The number of amides is 1. The molecule has 1 fully saturated rings. The number of aromatic nitrogens is 1. The quantitative estimate of drug-likeness (QED) is 0.919. The first-order valence-corrected chi connectivity index (χ1v) is 8.86. The van der Waals surface area contributed by atoms with Gasteiger partial charge in [0.2, 0.25) is 5.91 Å². The van der Waals surface area contributed by atoms with Crippen LogP contribution in [-0.2, 0) is 16.0 Å². The number of nitrogens with zero attached hydrogens (tertiary/aromatic N) is 1. The lowest BCUT2D eigenvalue weighted by molar-refractivity contribution is -0.119. The summed E-state index contributed by atoms with van der Waals surface area (Å²) in [4.78, 5) is 16.2. The molecule has 0 aliphatic carbocycles. The molecule has 1 saturated heterocycles. The molecule has 0 saturated carbocycles. The van der Waals surface area contributed by atoms with E-state index in [1.165, 1.54) is 22.7 Å². The van der Waals surface area contributed by atoms with E-state index in [-0.39, 0.29) is 11.9 Å². The van der Waals surface area contributed by atoms with Crippen LogP contribution in [0.5, 0.6) is 0 Å². The Kier molecular flexibility index (Phi) is 4.95. The Bertz CT molecular complexity index is 657. The lowest BCUT2D eigenvalue weighted by Gasteiger charge is -2.19. The van der Waals surface area contributed by atoms with Gasteiger partial charge in [0.1, 0.15) is 0 Å². The van der Waals surface area contributed by atoms with Crippen LogP contribution in [0, 0.1) is 5.92 Å². The molecule has 1 amide bonds. The van der Waals surface area contributed by atoms with Crippen molar-refractivity contribution in [1.82, 2.24) is 10.3 Å². The van der Waals surface area contributed by atoms with E-state index in [1.54, 1.807) is 0 Å². The fourth-order valence-corrected chi connectivity index (χ4v) is 3.30. The molecule has 1 N–H and O–H groups in total. The van der Waals surface area contributed by atoms with Crippen molar-refractivity contribution in [2.75, 3.05) is 25.2 Å². The highest BCUT2D eigenvalue weighted by Gasteiger charge is 2.29. The molecule has 0 bridgehead atoms. The van der Waals surface area contributed by atoms with Gasteiger partial charge in [-0.05, 0) is 30.4 Å². The number of carbonyl (C=O) groups excluding carboxylic acids is 1. The molecule has 1 aromatic heterocycles. The summed E-state index contributed by atoms with van der Waals surface area (Å²) in [5, 5.41) is 4.28. The number of ether oxygens (including phenoxy) is 1. The van der Waals surface area contributed by atoms with Gasteiger partial charge < -0.3 is 10.1 Å². The van der Waals surface area contributed by atoms with Gasteiger partial charge in [-0.2, -0.15) is 11.8 Å². The predicted octanol–water partition coefficient (Wildman–Crippen LogP) is 2.27. The third kappa shape index (κ3) is 3.42. The number of nitrogens with one attached hydrogen (secondary N) is 1. The van der Waals surface area contributed by atoms with E-state index in [2.05, 4.69) is 22.4 Å². The Hall–Kier alpha value is -1.59. The maximum absolute atomic E-state index is 11.8. The van der Waals surface area contributed by atoms with Crippen LogP contribution in [0.15, 0.2) is 36.5 Å². The number of rotatable bonds is 5. The number of fused-ring (bicyclic) bond motifs is 1. The van der Waals surface area contributed by atoms with E-state index >= 15 is 0 Å². The number of hydrogen-bond acceptors (Lipinski definition) is 4. The molecular formula is C17H20N2O2S. The van der Waals surface area contributed by atoms with E-state index in [1.807, 2.05) is 30.7 Å². The van der Waals surface area contributed by atoms with Gasteiger partial charge in [0.15, 0.2) is 0 Å². The fourth-order valence-electron chi connectivity index (χ4n) is 2.95. The van der Waals surface area contributed by atoms with Gasteiger partial charge in [-0.25, -0.2) is 0 Å². The second-order valence-electron chi connectivity index (χ2n) is 5.60. The molecule has 0 radical (unpaired) electrons. The highest BCUT2D eigenvalue weighted by atomic mass is 32.2. The Morgan fingerprint density at radius 2 is 2.23 bits per heavy atom. The van der Waals surface area contributed by atoms with Crippen LogP contribution >= 0.6 is 11.8 Å². The zero-order valence-electron chi connectivity index (χ0n) is 12.6. The summed E-state index contributed by atoms with van der Waals surface area (Å²) < 4.78 is 5.60. The number of benzene rings is 1. The second-order valence-corrected chi connectivity index (χ2v) is 6.46. The summed E-state index contributed by atoms with van der Waals surface area (Å²) in [6.07, 6.45) is 4.69. The average Bonchev–Trinajstić information content (AvgIpc) is 2.95. The average molecular weight is 316 g/mol. The SMILES string of the molecule is CSCC(=O)N[C@@H]1COC[C@H]1Cc1ccnc2ccccc12. The van der Waals surface area contributed by atoms with Crippen LogP contribution < -0.4 is 5.32 Å². The summed E-state index contributed by atoms with van der Waals surface area (Å²) in [5.74, 6) is 0.908. The molecule has 2 atom stereocenters. The van der Waals surface area contributed by atoms with Crippen LogP contribution in [-0.4, -0.2) is 42.2 Å². The fraction of sp³-hybridized carbons (Fsp3) is 0.412. The van der Waals surface area contributed by atoms with Gasteiger partial charge in [0.25, 0.3) is 0 Å². The first kappa shape index (κ1) is 15.3. The van der Waals surface area contributed by atoms with Gasteiger partial charge in [-0.15, -0.1) is 0 Å². The normalized spacial score (nSPS) is 21.1. The number of thioether (sulfide) groups is 1. The third-order valence-electron chi connectivity index (χ3n) is 4.04. The van der Waals surface area contributed by atoms with E-state index in [4.69, 9.17) is 4.74 Å². The zero-order valence-corrected chi connectivity index (χ0v) is 13.4. The molecule has 2 heterocycles. The van der Waals surface area contributed by atoms with Gasteiger partial charge >= 0.3 is 0 Å². The lowest BCUT2D eigenvalue weighted by Crippen LogP contribution is -2.41. The molecule has 4 nitrogen and oxygen atoms in total. The molecule has 3 rings (SSSR count). The maximum Gasteiger partial charge on any atom is 0.230 e. The minimum absolute atomic E-state index is 0.0904. The van der Waals surface area contributed by atoms with Crippen molar-refractivity contribution >= 4 is 28.6 Å². The number of hydrogen-bond donors (Lipinski definition) is 1. The van der Waals surface area contributed by atoms with Crippen molar-refractivity contribution in [3.63, 3.8) is 0 Å². The molecule has 22 heavy (non-hydrogen) atoms. The minimum atomic E-state index is 0.0904. The summed E-state index contributed by atoms with van der Waals surface area (Å²) in [7, 11) is 0. The molecule has 0 spiro atoms. The molecule has 0 unspecified atom stereocenters. The van der Waals surface area contributed by atoms with Crippen molar-refractivity contribution in [2.24, 2.45) is 5.92 Å². The van der Waals surface area contributed by atoms with E-state index in [0.29, 0.717) is 24.9 Å². The standard InChI is InChI=1S/C17H20N2O2S/c1-22-11-17(20)19-16-10-21-9-13(16)8-12-6-7-18-15-5-3-2-4-14(12)15/h2-7,13,16H,8-11H2,1H3,(H,19,20)/t13-,16-/m1/s1. The summed E-state index contributed by atoms with van der Waals surface area (Å²) >= 11 is 1.54.